The quantitative estimate of drug-likeness (QED) is 0.677. The molecule has 0 aromatic carbocycles. The zero-order valence-electron chi connectivity index (χ0n) is 8.62. The summed E-state index contributed by atoms with van der Waals surface area (Å²) in [5, 5.41) is 12.6. The first-order valence-corrected chi connectivity index (χ1v) is 5.40. The second kappa shape index (κ2) is 3.51. The summed E-state index contributed by atoms with van der Waals surface area (Å²) in [6.07, 6.45) is 1.78. The number of rotatable bonds is 3. The molecule has 0 aromatic heterocycles. The highest BCUT2D eigenvalue weighted by Crippen LogP contribution is 2.35. The number of nitrogens with zero attached hydrogens (tertiary/aromatic N) is 1. The highest BCUT2D eigenvalue weighted by molar-refractivity contribution is 5.79. The van der Waals surface area contributed by atoms with E-state index in [1.807, 2.05) is 6.92 Å². The van der Waals surface area contributed by atoms with E-state index >= 15 is 0 Å². The molecule has 0 spiro atoms. The summed E-state index contributed by atoms with van der Waals surface area (Å²) in [7, 11) is 0. The molecule has 3 unspecified atom stereocenters. The Balaban J connectivity index is 2.20. The molecule has 4 nitrogen and oxygen atoms in total. The van der Waals surface area contributed by atoms with Crippen LogP contribution < -0.4 is 5.32 Å². The van der Waals surface area contributed by atoms with Crippen molar-refractivity contribution in [2.75, 3.05) is 26.2 Å². The van der Waals surface area contributed by atoms with Gasteiger partial charge in [-0.3, -0.25) is 4.79 Å². The lowest BCUT2D eigenvalue weighted by atomic mass is 9.79. The molecule has 2 bridgehead atoms. The summed E-state index contributed by atoms with van der Waals surface area (Å²) in [6, 6.07) is 0. The van der Waals surface area contributed by atoms with Gasteiger partial charge in [0.15, 0.2) is 0 Å². The van der Waals surface area contributed by atoms with Crippen molar-refractivity contribution >= 4 is 5.97 Å². The molecule has 14 heavy (non-hydrogen) atoms. The average molecular weight is 198 g/mol. The van der Waals surface area contributed by atoms with E-state index in [1.165, 1.54) is 0 Å². The Labute approximate surface area is 84.3 Å². The van der Waals surface area contributed by atoms with Crippen LogP contribution in [0.4, 0.5) is 0 Å². The molecule has 2 heterocycles. The summed E-state index contributed by atoms with van der Waals surface area (Å²) >= 11 is 0. The van der Waals surface area contributed by atoms with Gasteiger partial charge >= 0.3 is 5.97 Å². The Morgan fingerprint density at radius 2 is 2.43 bits per heavy atom. The Hall–Kier alpha value is -0.610. The number of piperidine rings is 1. The van der Waals surface area contributed by atoms with Gasteiger partial charge in [0.1, 0.15) is 5.54 Å². The Morgan fingerprint density at radius 3 is 3.07 bits per heavy atom. The topological polar surface area (TPSA) is 52.6 Å². The summed E-state index contributed by atoms with van der Waals surface area (Å²) in [6.45, 7) is 5.68. The Kier molecular flexibility index (Phi) is 2.49. The van der Waals surface area contributed by atoms with E-state index < -0.39 is 11.5 Å². The van der Waals surface area contributed by atoms with Crippen molar-refractivity contribution in [1.29, 1.82) is 0 Å². The van der Waals surface area contributed by atoms with Crippen molar-refractivity contribution in [3.8, 4) is 0 Å². The van der Waals surface area contributed by atoms with Gasteiger partial charge in [-0.15, -0.1) is 0 Å². The lowest BCUT2D eigenvalue weighted by Gasteiger charge is -2.40. The van der Waals surface area contributed by atoms with Crippen molar-refractivity contribution in [1.82, 2.24) is 10.2 Å². The molecule has 0 radical (unpaired) electrons. The van der Waals surface area contributed by atoms with Crippen molar-refractivity contribution in [3.63, 3.8) is 0 Å². The van der Waals surface area contributed by atoms with Crippen molar-refractivity contribution < 1.29 is 9.90 Å². The minimum Gasteiger partial charge on any atom is -0.480 e. The third-order valence-corrected chi connectivity index (χ3v) is 3.67. The molecule has 2 aliphatic heterocycles. The molecule has 0 amide bonds. The predicted molar refractivity (Wildman–Crippen MR) is 53.2 cm³/mol. The highest BCUT2D eigenvalue weighted by atomic mass is 16.4. The average Bonchev–Trinajstić information content (AvgIpc) is 2.55. The first-order valence-electron chi connectivity index (χ1n) is 5.40. The molecule has 4 heteroatoms. The van der Waals surface area contributed by atoms with Gasteiger partial charge in [-0.25, -0.2) is 0 Å². The number of aliphatic carboxylic acids is 1. The third-order valence-electron chi connectivity index (χ3n) is 3.67. The van der Waals surface area contributed by atoms with E-state index in [9.17, 15) is 9.90 Å². The Morgan fingerprint density at radius 1 is 1.64 bits per heavy atom. The fraction of sp³-hybridized carbons (Fsp3) is 0.900. The number of hydrogen-bond acceptors (Lipinski definition) is 3. The number of carboxylic acid groups (broad SMARTS) is 1. The maximum Gasteiger partial charge on any atom is 0.324 e. The van der Waals surface area contributed by atoms with Gasteiger partial charge in [0.05, 0.1) is 0 Å². The van der Waals surface area contributed by atoms with Crippen LogP contribution in [-0.4, -0.2) is 47.7 Å². The summed E-state index contributed by atoms with van der Waals surface area (Å²) in [5.74, 6) is -0.361. The van der Waals surface area contributed by atoms with E-state index in [1.54, 1.807) is 0 Å². The van der Waals surface area contributed by atoms with Gasteiger partial charge in [0.25, 0.3) is 0 Å². The lowest BCUT2D eigenvalue weighted by Crippen LogP contribution is -2.61. The minimum absolute atomic E-state index is 0.300. The SMILES string of the molecule is CCNC1(C(=O)O)CCN2CCC1C2. The molecule has 3 atom stereocenters. The maximum atomic E-state index is 11.4. The normalized spacial score (nSPS) is 41.2. The molecule has 0 aliphatic carbocycles. The van der Waals surface area contributed by atoms with Crippen LogP contribution in [-0.2, 0) is 4.79 Å². The smallest absolute Gasteiger partial charge is 0.324 e. The van der Waals surface area contributed by atoms with Gasteiger partial charge in [0, 0.05) is 19.0 Å². The van der Waals surface area contributed by atoms with Crippen molar-refractivity contribution in [3.05, 3.63) is 0 Å². The second-order valence-electron chi connectivity index (χ2n) is 4.34. The van der Waals surface area contributed by atoms with Crippen molar-refractivity contribution in [2.45, 2.75) is 25.3 Å². The van der Waals surface area contributed by atoms with E-state index in [0.717, 1.165) is 39.0 Å². The standard InChI is InChI=1S/C10H18N2O2/c1-2-11-10(9(13)14)4-6-12-5-3-8(10)7-12/h8,11H,2-7H2,1H3,(H,13,14). The fourth-order valence-electron chi connectivity index (χ4n) is 2.88. The minimum atomic E-state index is -0.661. The van der Waals surface area contributed by atoms with Crippen LogP contribution in [0.15, 0.2) is 0 Å². The zero-order chi connectivity index (χ0) is 10.2. The molecule has 80 valence electrons. The predicted octanol–water partition coefficient (Wildman–Crippen LogP) is 0.145. The lowest BCUT2D eigenvalue weighted by molar-refractivity contribution is -0.149. The molecule has 0 aromatic rings. The molecule has 2 rings (SSSR count). The van der Waals surface area contributed by atoms with Crippen molar-refractivity contribution in [2.24, 2.45) is 5.92 Å². The molecule has 2 saturated heterocycles. The van der Waals surface area contributed by atoms with Crippen LogP contribution in [0.1, 0.15) is 19.8 Å². The van der Waals surface area contributed by atoms with E-state index in [-0.39, 0.29) is 0 Å². The van der Waals surface area contributed by atoms with E-state index in [0.29, 0.717) is 5.92 Å². The van der Waals surface area contributed by atoms with E-state index in [2.05, 4.69) is 10.2 Å². The number of likely N-dealkylation sites (N-methyl/N-ethyl adjacent to an activating group) is 1. The number of fused-ring (bicyclic) bond motifs is 2. The molecule has 2 aliphatic rings. The molecular formula is C10H18N2O2. The monoisotopic (exact) mass is 198 g/mol. The number of nitrogens with one attached hydrogen (secondary N) is 1. The van der Waals surface area contributed by atoms with Crippen LogP contribution in [0.25, 0.3) is 0 Å². The fourth-order valence-corrected chi connectivity index (χ4v) is 2.88. The van der Waals surface area contributed by atoms with Gasteiger partial charge in [-0.2, -0.15) is 0 Å². The van der Waals surface area contributed by atoms with Gasteiger partial charge in [-0.1, -0.05) is 6.92 Å². The summed E-state index contributed by atoms with van der Waals surface area (Å²) in [5.41, 5.74) is -0.637. The summed E-state index contributed by atoms with van der Waals surface area (Å²) < 4.78 is 0. The maximum absolute atomic E-state index is 11.4. The first kappa shape index (κ1) is 9.93. The third kappa shape index (κ3) is 1.33. The molecule has 2 fully saturated rings. The first-order chi connectivity index (χ1) is 6.69. The molecule has 0 saturated carbocycles. The van der Waals surface area contributed by atoms with Crippen LogP contribution in [0, 0.1) is 5.92 Å². The van der Waals surface area contributed by atoms with E-state index in [4.69, 9.17) is 0 Å². The largest absolute Gasteiger partial charge is 0.480 e. The molecular weight excluding hydrogens is 180 g/mol. The number of hydrogen-bond donors (Lipinski definition) is 2. The number of carboxylic acids is 1. The number of carbonyl (C=O) groups is 1. The second-order valence-corrected chi connectivity index (χ2v) is 4.34. The van der Waals surface area contributed by atoms with Crippen LogP contribution in [0.3, 0.4) is 0 Å². The van der Waals surface area contributed by atoms with Gasteiger partial charge < -0.3 is 15.3 Å². The summed E-state index contributed by atoms with van der Waals surface area (Å²) in [4.78, 5) is 13.7. The van der Waals surface area contributed by atoms with Crippen LogP contribution >= 0.6 is 0 Å². The zero-order valence-corrected chi connectivity index (χ0v) is 8.62. The molecule has 2 N–H and O–H groups in total. The van der Waals surface area contributed by atoms with Gasteiger partial charge in [0.2, 0.25) is 0 Å². The van der Waals surface area contributed by atoms with Gasteiger partial charge in [-0.05, 0) is 25.9 Å². The highest BCUT2D eigenvalue weighted by Gasteiger charge is 2.50. The van der Waals surface area contributed by atoms with Crippen LogP contribution in [0.5, 0.6) is 0 Å². The van der Waals surface area contributed by atoms with Crippen LogP contribution in [0.2, 0.25) is 0 Å². The Bertz CT molecular complexity index is 244.